The molecule has 0 bridgehead atoms. The summed E-state index contributed by atoms with van der Waals surface area (Å²) in [6.45, 7) is 2.07. The lowest BCUT2D eigenvalue weighted by atomic mass is 10.1. The maximum atomic E-state index is 6.31. The maximum Gasteiger partial charge on any atom is 0.131 e. The molecular weight excluding hydrogens is 282 g/mol. The van der Waals surface area contributed by atoms with Crippen molar-refractivity contribution in [3.8, 4) is 16.9 Å². The van der Waals surface area contributed by atoms with Gasteiger partial charge < -0.3 is 5.73 Å². The number of nitrogens with zero attached hydrogens (tertiary/aromatic N) is 2. The molecule has 106 valence electrons. The summed E-state index contributed by atoms with van der Waals surface area (Å²) in [4.78, 5) is 0. The van der Waals surface area contributed by atoms with E-state index in [0.29, 0.717) is 10.8 Å². The molecule has 0 unspecified atom stereocenters. The van der Waals surface area contributed by atoms with Crippen LogP contribution in [0.15, 0.2) is 54.6 Å². The van der Waals surface area contributed by atoms with Crippen LogP contribution in [0.1, 0.15) is 12.5 Å². The van der Waals surface area contributed by atoms with Crippen LogP contribution in [0.3, 0.4) is 0 Å². The number of hydrogen-bond donors (Lipinski definition) is 1. The van der Waals surface area contributed by atoms with E-state index in [1.165, 1.54) is 0 Å². The summed E-state index contributed by atoms with van der Waals surface area (Å²) in [6.07, 6.45) is 0.805. The van der Waals surface area contributed by atoms with Gasteiger partial charge in [-0.2, -0.15) is 5.10 Å². The fourth-order valence-corrected chi connectivity index (χ4v) is 2.67. The molecular formula is C17H16ClN3. The number of aromatic nitrogens is 2. The van der Waals surface area contributed by atoms with Crippen molar-refractivity contribution in [3.63, 3.8) is 0 Å². The van der Waals surface area contributed by atoms with Gasteiger partial charge in [-0.3, -0.25) is 0 Å². The SMILES string of the molecule is CCc1c(-c2ccccc2Cl)nn(-c2ccccc2)c1N. The van der Waals surface area contributed by atoms with Crippen molar-refractivity contribution in [2.45, 2.75) is 13.3 Å². The van der Waals surface area contributed by atoms with E-state index in [4.69, 9.17) is 17.3 Å². The van der Waals surface area contributed by atoms with E-state index < -0.39 is 0 Å². The Hall–Kier alpha value is -2.26. The Morgan fingerprint density at radius 1 is 1.05 bits per heavy atom. The second-order valence-electron chi connectivity index (χ2n) is 4.79. The van der Waals surface area contributed by atoms with Crippen LogP contribution in [0, 0.1) is 0 Å². The van der Waals surface area contributed by atoms with Crippen LogP contribution >= 0.6 is 11.6 Å². The third kappa shape index (κ3) is 2.41. The molecule has 21 heavy (non-hydrogen) atoms. The zero-order chi connectivity index (χ0) is 14.8. The van der Waals surface area contributed by atoms with Gasteiger partial charge >= 0.3 is 0 Å². The Labute approximate surface area is 129 Å². The molecule has 3 nitrogen and oxygen atoms in total. The Kier molecular flexibility index (Phi) is 3.67. The van der Waals surface area contributed by atoms with Gasteiger partial charge in [0.05, 0.1) is 16.4 Å². The summed E-state index contributed by atoms with van der Waals surface area (Å²) in [7, 11) is 0. The molecule has 2 N–H and O–H groups in total. The molecule has 0 spiro atoms. The van der Waals surface area contributed by atoms with E-state index in [-0.39, 0.29) is 0 Å². The monoisotopic (exact) mass is 297 g/mol. The van der Waals surface area contributed by atoms with Crippen molar-refractivity contribution < 1.29 is 0 Å². The van der Waals surface area contributed by atoms with E-state index in [2.05, 4.69) is 12.0 Å². The van der Waals surface area contributed by atoms with Crippen molar-refractivity contribution in [2.75, 3.05) is 5.73 Å². The molecule has 2 aromatic carbocycles. The van der Waals surface area contributed by atoms with E-state index in [1.54, 1.807) is 4.68 Å². The highest BCUT2D eigenvalue weighted by molar-refractivity contribution is 6.33. The molecule has 0 aliphatic rings. The van der Waals surface area contributed by atoms with Crippen LogP contribution in [0.2, 0.25) is 5.02 Å². The first kappa shape index (κ1) is 13.7. The van der Waals surface area contributed by atoms with E-state index in [1.807, 2.05) is 54.6 Å². The molecule has 4 heteroatoms. The number of rotatable bonds is 3. The standard InChI is InChI=1S/C17H16ClN3/c1-2-13-16(14-10-6-7-11-15(14)18)20-21(17(13)19)12-8-4-3-5-9-12/h3-11H,2,19H2,1H3. The number of anilines is 1. The van der Waals surface area contributed by atoms with E-state index in [0.717, 1.165) is 28.9 Å². The van der Waals surface area contributed by atoms with Gasteiger partial charge in [-0.05, 0) is 24.6 Å². The Balaban J connectivity index is 2.22. The lowest BCUT2D eigenvalue weighted by molar-refractivity contribution is 0.895. The van der Waals surface area contributed by atoms with E-state index in [9.17, 15) is 0 Å². The van der Waals surface area contributed by atoms with Crippen LogP contribution in [-0.4, -0.2) is 9.78 Å². The first-order valence-corrected chi connectivity index (χ1v) is 7.28. The minimum Gasteiger partial charge on any atom is -0.383 e. The van der Waals surface area contributed by atoms with Crippen LogP contribution in [0.4, 0.5) is 5.82 Å². The summed E-state index contributed by atoms with van der Waals surface area (Å²) >= 11 is 6.31. The molecule has 3 aromatic rings. The quantitative estimate of drug-likeness (QED) is 0.781. The highest BCUT2D eigenvalue weighted by atomic mass is 35.5. The zero-order valence-electron chi connectivity index (χ0n) is 11.8. The minimum atomic E-state index is 0.665. The molecule has 0 saturated carbocycles. The van der Waals surface area contributed by atoms with Gasteiger partial charge in [-0.25, -0.2) is 4.68 Å². The third-order valence-electron chi connectivity index (χ3n) is 3.51. The van der Waals surface area contributed by atoms with Crippen LogP contribution in [0.25, 0.3) is 16.9 Å². The molecule has 0 aliphatic heterocycles. The molecule has 0 fully saturated rings. The average Bonchev–Trinajstić information content (AvgIpc) is 2.85. The highest BCUT2D eigenvalue weighted by Crippen LogP contribution is 2.33. The Morgan fingerprint density at radius 2 is 1.71 bits per heavy atom. The van der Waals surface area contributed by atoms with Gasteiger partial charge in [-0.15, -0.1) is 0 Å². The normalized spacial score (nSPS) is 10.8. The molecule has 0 atom stereocenters. The van der Waals surface area contributed by atoms with Crippen molar-refractivity contribution in [2.24, 2.45) is 0 Å². The van der Waals surface area contributed by atoms with Gasteiger partial charge in [0.25, 0.3) is 0 Å². The maximum absolute atomic E-state index is 6.31. The predicted molar refractivity (Wildman–Crippen MR) is 87.8 cm³/mol. The van der Waals surface area contributed by atoms with Gasteiger partial charge in [0.2, 0.25) is 0 Å². The van der Waals surface area contributed by atoms with Gasteiger partial charge in [0, 0.05) is 11.1 Å². The van der Waals surface area contributed by atoms with Gasteiger partial charge in [0.1, 0.15) is 5.82 Å². The lowest BCUT2D eigenvalue weighted by Gasteiger charge is -2.03. The highest BCUT2D eigenvalue weighted by Gasteiger charge is 2.18. The van der Waals surface area contributed by atoms with Gasteiger partial charge in [-0.1, -0.05) is 54.9 Å². The summed E-state index contributed by atoms with van der Waals surface area (Å²) < 4.78 is 1.78. The Morgan fingerprint density at radius 3 is 2.38 bits per heavy atom. The van der Waals surface area contributed by atoms with Crippen LogP contribution in [0.5, 0.6) is 0 Å². The molecule has 0 saturated heterocycles. The number of nitrogen functional groups attached to an aromatic ring is 1. The number of hydrogen-bond acceptors (Lipinski definition) is 2. The predicted octanol–water partition coefficient (Wildman–Crippen LogP) is 4.34. The van der Waals surface area contributed by atoms with Crippen molar-refractivity contribution in [3.05, 3.63) is 65.2 Å². The smallest absolute Gasteiger partial charge is 0.131 e. The van der Waals surface area contributed by atoms with Crippen molar-refractivity contribution in [1.82, 2.24) is 9.78 Å². The van der Waals surface area contributed by atoms with Crippen molar-refractivity contribution >= 4 is 17.4 Å². The molecule has 1 heterocycles. The Bertz CT molecular complexity index is 763. The molecule has 0 aliphatic carbocycles. The summed E-state index contributed by atoms with van der Waals surface area (Å²) in [5.74, 6) is 0.665. The largest absolute Gasteiger partial charge is 0.383 e. The van der Waals surface area contributed by atoms with Gasteiger partial charge in [0.15, 0.2) is 0 Å². The third-order valence-corrected chi connectivity index (χ3v) is 3.84. The summed E-state index contributed by atoms with van der Waals surface area (Å²) in [5.41, 5.74) is 10.0. The second-order valence-corrected chi connectivity index (χ2v) is 5.20. The number of para-hydroxylation sites is 1. The number of halogens is 1. The number of benzene rings is 2. The van der Waals surface area contributed by atoms with Crippen molar-refractivity contribution in [1.29, 1.82) is 0 Å². The molecule has 3 rings (SSSR count). The fourth-order valence-electron chi connectivity index (χ4n) is 2.45. The first-order chi connectivity index (χ1) is 10.2. The van der Waals surface area contributed by atoms with Crippen LogP contribution < -0.4 is 5.73 Å². The topological polar surface area (TPSA) is 43.8 Å². The molecule has 1 aromatic heterocycles. The first-order valence-electron chi connectivity index (χ1n) is 6.90. The fraction of sp³-hybridized carbons (Fsp3) is 0.118. The number of nitrogens with two attached hydrogens (primary N) is 1. The molecule has 0 radical (unpaired) electrons. The summed E-state index contributed by atoms with van der Waals surface area (Å²) in [6, 6.07) is 17.6. The lowest BCUT2D eigenvalue weighted by Crippen LogP contribution is -2.02. The second kappa shape index (κ2) is 5.62. The van der Waals surface area contributed by atoms with Crippen LogP contribution in [-0.2, 0) is 6.42 Å². The van der Waals surface area contributed by atoms with E-state index >= 15 is 0 Å². The minimum absolute atomic E-state index is 0.665. The average molecular weight is 298 g/mol. The molecule has 0 amide bonds. The summed E-state index contributed by atoms with van der Waals surface area (Å²) in [5, 5.41) is 5.37. The zero-order valence-corrected chi connectivity index (χ0v) is 12.5.